The standard InChI is InChI=1S/C11H8O3.C9H11NO3/c12-10-6-8-4-2-1-3-7(8)5-9(10)11(13)14;1-12-6-3-4-8(13-2)7(5-6)9(10)11/h1-6,12H,(H,13,14);3-5H,1-2H3,(H2,10,11). The number of hydrogen-bond acceptors (Lipinski definition) is 5. The summed E-state index contributed by atoms with van der Waals surface area (Å²) < 4.78 is 9.89. The van der Waals surface area contributed by atoms with Gasteiger partial charge in [0.2, 0.25) is 0 Å². The molecule has 0 radical (unpaired) electrons. The Morgan fingerprint density at radius 1 is 0.889 bits per heavy atom. The van der Waals surface area contributed by atoms with Crippen LogP contribution in [0.3, 0.4) is 0 Å². The average molecular weight is 369 g/mol. The Bertz CT molecular complexity index is 983. The van der Waals surface area contributed by atoms with Gasteiger partial charge in [0.25, 0.3) is 5.91 Å². The van der Waals surface area contributed by atoms with Crippen LogP contribution in [0.25, 0.3) is 10.8 Å². The Hall–Kier alpha value is -3.74. The van der Waals surface area contributed by atoms with Crippen molar-refractivity contribution in [2.45, 2.75) is 0 Å². The molecule has 3 rings (SSSR count). The molecule has 0 fully saturated rings. The molecule has 140 valence electrons. The molecule has 7 nitrogen and oxygen atoms in total. The van der Waals surface area contributed by atoms with Crippen LogP contribution in [0.1, 0.15) is 20.7 Å². The van der Waals surface area contributed by atoms with Crippen molar-refractivity contribution < 1.29 is 29.3 Å². The lowest BCUT2D eigenvalue weighted by molar-refractivity contribution is 0.0693. The lowest BCUT2D eigenvalue weighted by Crippen LogP contribution is -2.12. The molecule has 0 saturated carbocycles. The van der Waals surface area contributed by atoms with Crippen molar-refractivity contribution in [1.82, 2.24) is 0 Å². The number of primary amides is 1. The molecule has 0 atom stereocenters. The van der Waals surface area contributed by atoms with Gasteiger partial charge in [0, 0.05) is 0 Å². The van der Waals surface area contributed by atoms with Crippen LogP contribution in [0.4, 0.5) is 0 Å². The van der Waals surface area contributed by atoms with Crippen molar-refractivity contribution in [2.24, 2.45) is 5.73 Å². The number of rotatable bonds is 4. The van der Waals surface area contributed by atoms with Crippen LogP contribution in [0, 0.1) is 0 Å². The minimum absolute atomic E-state index is 0.0660. The highest BCUT2D eigenvalue weighted by Crippen LogP contribution is 2.25. The molecule has 3 aromatic rings. The fourth-order valence-electron chi connectivity index (χ4n) is 2.41. The quantitative estimate of drug-likeness (QED) is 0.650. The van der Waals surface area contributed by atoms with Gasteiger partial charge in [0.1, 0.15) is 22.8 Å². The summed E-state index contributed by atoms with van der Waals surface area (Å²) in [5.74, 6) is -0.817. The number of ether oxygens (including phenoxy) is 2. The maximum Gasteiger partial charge on any atom is 0.339 e. The van der Waals surface area contributed by atoms with Gasteiger partial charge in [-0.2, -0.15) is 0 Å². The van der Waals surface area contributed by atoms with Crippen LogP contribution in [-0.4, -0.2) is 36.3 Å². The number of methoxy groups -OCH3 is 2. The fraction of sp³-hybridized carbons (Fsp3) is 0.100. The topological polar surface area (TPSA) is 119 Å². The molecule has 0 aliphatic rings. The third kappa shape index (κ3) is 4.66. The van der Waals surface area contributed by atoms with E-state index in [1.54, 1.807) is 24.3 Å². The first kappa shape index (κ1) is 19.6. The number of benzene rings is 3. The average Bonchev–Trinajstić information content (AvgIpc) is 2.67. The highest BCUT2D eigenvalue weighted by atomic mass is 16.5. The van der Waals surface area contributed by atoms with E-state index in [0.29, 0.717) is 17.1 Å². The van der Waals surface area contributed by atoms with Gasteiger partial charge in [-0.25, -0.2) is 4.79 Å². The molecule has 4 N–H and O–H groups in total. The van der Waals surface area contributed by atoms with E-state index in [4.69, 9.17) is 20.3 Å². The number of amides is 1. The Kier molecular flexibility index (Phi) is 6.22. The third-order valence-corrected chi connectivity index (χ3v) is 3.77. The zero-order valence-electron chi connectivity index (χ0n) is 14.8. The van der Waals surface area contributed by atoms with Crippen molar-refractivity contribution in [1.29, 1.82) is 0 Å². The first-order valence-corrected chi connectivity index (χ1v) is 7.84. The van der Waals surface area contributed by atoms with Gasteiger partial charge in [-0.05, 0) is 41.1 Å². The molecule has 0 unspecified atom stereocenters. The molecule has 0 aliphatic carbocycles. The summed E-state index contributed by atoms with van der Waals surface area (Å²) in [4.78, 5) is 21.6. The van der Waals surface area contributed by atoms with Crippen LogP contribution in [0.15, 0.2) is 54.6 Å². The fourth-order valence-corrected chi connectivity index (χ4v) is 2.41. The number of aromatic carboxylic acids is 1. The van der Waals surface area contributed by atoms with Gasteiger partial charge in [-0.1, -0.05) is 24.3 Å². The monoisotopic (exact) mass is 369 g/mol. The Labute approximate surface area is 155 Å². The molecule has 3 aromatic carbocycles. The molecule has 27 heavy (non-hydrogen) atoms. The van der Waals surface area contributed by atoms with Crippen molar-refractivity contribution >= 4 is 22.6 Å². The largest absolute Gasteiger partial charge is 0.507 e. The van der Waals surface area contributed by atoms with Crippen molar-refractivity contribution in [3.63, 3.8) is 0 Å². The lowest BCUT2D eigenvalue weighted by Gasteiger charge is -2.06. The molecule has 0 spiro atoms. The third-order valence-electron chi connectivity index (χ3n) is 3.77. The maximum atomic E-state index is 10.9. The summed E-state index contributed by atoms with van der Waals surface area (Å²) in [5, 5.41) is 19.8. The van der Waals surface area contributed by atoms with Gasteiger partial charge < -0.3 is 25.4 Å². The highest BCUT2D eigenvalue weighted by molar-refractivity contribution is 5.97. The van der Waals surface area contributed by atoms with Crippen LogP contribution in [0.2, 0.25) is 0 Å². The van der Waals surface area contributed by atoms with E-state index in [0.717, 1.165) is 10.8 Å². The van der Waals surface area contributed by atoms with Crippen LogP contribution >= 0.6 is 0 Å². The predicted molar refractivity (Wildman–Crippen MR) is 101 cm³/mol. The van der Waals surface area contributed by atoms with Crippen molar-refractivity contribution in [2.75, 3.05) is 14.2 Å². The first-order chi connectivity index (χ1) is 12.9. The van der Waals surface area contributed by atoms with E-state index < -0.39 is 11.9 Å². The maximum absolute atomic E-state index is 10.9. The molecule has 0 aromatic heterocycles. The Balaban J connectivity index is 0.000000194. The van der Waals surface area contributed by atoms with Crippen molar-refractivity contribution in [3.8, 4) is 17.2 Å². The number of fused-ring (bicyclic) bond motifs is 1. The number of carbonyl (C=O) groups is 2. The summed E-state index contributed by atoms with van der Waals surface area (Å²) >= 11 is 0. The van der Waals surface area contributed by atoms with E-state index in [9.17, 15) is 14.7 Å². The number of hydrogen-bond donors (Lipinski definition) is 3. The summed E-state index contributed by atoms with van der Waals surface area (Å²) in [6.07, 6.45) is 0. The number of carboxylic acid groups (broad SMARTS) is 1. The number of aromatic hydroxyl groups is 1. The summed E-state index contributed by atoms with van der Waals surface area (Å²) in [7, 11) is 3.00. The Morgan fingerprint density at radius 3 is 2.04 bits per heavy atom. The summed E-state index contributed by atoms with van der Waals surface area (Å²) in [6.45, 7) is 0. The number of nitrogens with two attached hydrogens (primary N) is 1. The minimum Gasteiger partial charge on any atom is -0.507 e. The van der Waals surface area contributed by atoms with Crippen LogP contribution in [-0.2, 0) is 0 Å². The van der Waals surface area contributed by atoms with E-state index in [2.05, 4.69) is 0 Å². The molecule has 0 heterocycles. The lowest BCUT2D eigenvalue weighted by atomic mass is 10.1. The van der Waals surface area contributed by atoms with Gasteiger partial charge >= 0.3 is 5.97 Å². The second kappa shape index (κ2) is 8.57. The normalized spacial score (nSPS) is 9.85. The van der Waals surface area contributed by atoms with Crippen LogP contribution in [0.5, 0.6) is 17.2 Å². The molecular weight excluding hydrogens is 350 g/mol. The smallest absolute Gasteiger partial charge is 0.339 e. The SMILES string of the molecule is COc1ccc(OC)c(C(N)=O)c1.O=C(O)c1cc2ccccc2cc1O. The van der Waals surface area contributed by atoms with Gasteiger partial charge in [0.15, 0.2) is 0 Å². The van der Waals surface area contributed by atoms with Gasteiger partial charge in [-0.15, -0.1) is 0 Å². The Morgan fingerprint density at radius 2 is 1.52 bits per heavy atom. The highest BCUT2D eigenvalue weighted by Gasteiger charge is 2.10. The van der Waals surface area contributed by atoms with Gasteiger partial charge in [-0.3, -0.25) is 4.79 Å². The predicted octanol–water partition coefficient (Wildman–Crippen LogP) is 3.05. The molecule has 0 bridgehead atoms. The number of phenols is 1. The molecule has 0 saturated heterocycles. The molecule has 7 heteroatoms. The zero-order chi connectivity index (χ0) is 20.0. The van der Waals surface area contributed by atoms with E-state index >= 15 is 0 Å². The van der Waals surface area contributed by atoms with E-state index in [1.807, 2.05) is 18.2 Å². The van der Waals surface area contributed by atoms with E-state index in [-0.39, 0.29) is 11.3 Å². The second-order valence-corrected chi connectivity index (χ2v) is 5.45. The van der Waals surface area contributed by atoms with Crippen molar-refractivity contribution in [3.05, 3.63) is 65.7 Å². The number of carbonyl (C=O) groups excluding carboxylic acids is 1. The molecule has 0 aliphatic heterocycles. The summed E-state index contributed by atoms with van der Waals surface area (Å²) in [6, 6.07) is 15.1. The number of carboxylic acids is 1. The van der Waals surface area contributed by atoms with Crippen LogP contribution < -0.4 is 15.2 Å². The van der Waals surface area contributed by atoms with E-state index in [1.165, 1.54) is 26.4 Å². The molecule has 1 amide bonds. The zero-order valence-corrected chi connectivity index (χ0v) is 14.8. The molecular formula is C20H19NO6. The minimum atomic E-state index is -1.12. The van der Waals surface area contributed by atoms with Gasteiger partial charge in [0.05, 0.1) is 19.8 Å². The summed E-state index contributed by atoms with van der Waals surface area (Å²) in [5.41, 5.74) is 5.39. The first-order valence-electron chi connectivity index (χ1n) is 7.84. The second-order valence-electron chi connectivity index (χ2n) is 5.45.